The van der Waals surface area contributed by atoms with Crippen LogP contribution in [0.2, 0.25) is 0 Å². The molecule has 2 aliphatic carbocycles. The topological polar surface area (TPSA) is 143 Å². The van der Waals surface area contributed by atoms with E-state index in [1.165, 1.54) is 0 Å². The van der Waals surface area contributed by atoms with Gasteiger partial charge in [-0.15, -0.1) is 25.7 Å². The Kier molecular flexibility index (Phi) is 23.2. The summed E-state index contributed by atoms with van der Waals surface area (Å²) in [5, 5.41) is 22.7. The average molecular weight is 1620 g/mol. The number of nitriles is 2. The third kappa shape index (κ3) is 16.4. The van der Waals surface area contributed by atoms with E-state index in [0.29, 0.717) is 23.0 Å². The lowest BCUT2D eigenvalue weighted by Crippen LogP contribution is -2.25. The zero-order chi connectivity index (χ0) is 85.9. The van der Waals surface area contributed by atoms with E-state index < -0.39 is 10.8 Å². The fourth-order valence-corrected chi connectivity index (χ4v) is 16.5. The molecule has 0 saturated carbocycles. The highest BCUT2D eigenvalue weighted by atomic mass is 16.5. The molecule has 2 aliphatic rings. The van der Waals surface area contributed by atoms with Gasteiger partial charge in [-0.05, 0) is 203 Å². The van der Waals surface area contributed by atoms with Gasteiger partial charge in [-0.2, -0.15) is 10.5 Å². The molecule has 0 saturated heterocycles. The van der Waals surface area contributed by atoms with Gasteiger partial charge in [0.25, 0.3) is 11.4 Å². The van der Waals surface area contributed by atoms with Crippen LogP contribution in [0.15, 0.2) is 315 Å². The molecule has 14 aromatic carbocycles. The molecule has 0 spiro atoms. The first-order valence-corrected chi connectivity index (χ1v) is 39.9. The molecule has 16 rings (SSSR count). The van der Waals surface area contributed by atoms with Crippen LogP contribution in [0.4, 0.5) is 56.9 Å². The monoisotopic (exact) mass is 1610 g/mol. The minimum absolute atomic E-state index is 0.0663. The number of anilines is 8. The van der Waals surface area contributed by atoms with Crippen LogP contribution in [0, 0.1) is 85.2 Å². The molecule has 124 heavy (non-hydrogen) atoms. The number of nitrogens with zero attached hydrogens (tertiary/aromatic N) is 8. The second-order valence-electron chi connectivity index (χ2n) is 30.4. The van der Waals surface area contributed by atoms with Gasteiger partial charge in [0.2, 0.25) is 0 Å². The summed E-state index contributed by atoms with van der Waals surface area (Å²) in [6, 6.07) is 102. The van der Waals surface area contributed by atoms with Crippen molar-refractivity contribution in [1.29, 1.82) is 10.5 Å². The van der Waals surface area contributed by atoms with E-state index >= 15 is 0 Å². The number of hydrogen-bond donors (Lipinski definition) is 0. The molecular formula is C108H78N8O8. The SMILES string of the molecule is [C-]#[N+]c1c(Oc2cccc(N(CC#C)c3ccccc3)c2)cccc1Oc1cc2c(cc1Oc1cccc(Oc3cccc(N(CC#C)c4ccccc4)c3)c1[N+]#[C-])C(C)(C)C1c3cc(Oc4cccc(Oc5cccc(N(CC#C)c6ccccc6)c5)c4C#N)c(Oc4cccc(Oc5cccc(N(CC#C)c6ccccc6)c5)c4C#N)cc3C(C)(C)C21. The number of fused-ring (bicyclic) bond motifs is 5. The molecule has 16 heteroatoms. The minimum atomic E-state index is -0.754. The fraction of sp³-hybridized carbons (Fsp3) is 0.111. The third-order valence-corrected chi connectivity index (χ3v) is 22.1. The van der Waals surface area contributed by atoms with Crippen LogP contribution in [0.25, 0.3) is 9.69 Å². The summed E-state index contributed by atoms with van der Waals surface area (Å²) in [4.78, 5) is 16.1. The quantitative estimate of drug-likeness (QED) is 0.0339. The Hall–Kier alpha value is -17.1. The molecule has 0 amide bonds. The Morgan fingerprint density at radius 1 is 0.282 bits per heavy atom. The van der Waals surface area contributed by atoms with E-state index in [4.69, 9.17) is 76.7 Å². The highest BCUT2D eigenvalue weighted by Gasteiger charge is 2.59. The number of rotatable bonds is 28. The van der Waals surface area contributed by atoms with Gasteiger partial charge >= 0.3 is 0 Å². The maximum Gasteiger partial charge on any atom is 0.270 e. The van der Waals surface area contributed by atoms with Crippen LogP contribution < -0.4 is 57.5 Å². The van der Waals surface area contributed by atoms with Crippen LogP contribution >= 0.6 is 0 Å². The van der Waals surface area contributed by atoms with Crippen molar-refractivity contribution in [2.24, 2.45) is 0 Å². The van der Waals surface area contributed by atoms with Gasteiger partial charge in [-0.1, -0.05) is 173 Å². The first kappa shape index (κ1) is 80.7. The smallest absolute Gasteiger partial charge is 0.270 e. The summed E-state index contributed by atoms with van der Waals surface area (Å²) >= 11 is 0. The molecule has 0 aromatic heterocycles. The van der Waals surface area contributed by atoms with Crippen molar-refractivity contribution in [3.8, 4) is 154 Å². The van der Waals surface area contributed by atoms with Crippen molar-refractivity contribution >= 4 is 56.9 Å². The molecule has 2 atom stereocenters. The van der Waals surface area contributed by atoms with Gasteiger partial charge in [0.05, 0.1) is 39.3 Å². The number of para-hydroxylation sites is 6. The van der Waals surface area contributed by atoms with Crippen molar-refractivity contribution in [3.05, 3.63) is 372 Å². The average Bonchev–Trinajstić information content (AvgIpc) is 1.52. The second kappa shape index (κ2) is 35.6. The van der Waals surface area contributed by atoms with Crippen LogP contribution in [0.3, 0.4) is 0 Å². The molecule has 14 aromatic rings. The maximum atomic E-state index is 11.4. The lowest BCUT2D eigenvalue weighted by Gasteiger charge is -2.31. The zero-order valence-electron chi connectivity index (χ0n) is 68.2. The lowest BCUT2D eigenvalue weighted by molar-refractivity contribution is 0.348. The first-order chi connectivity index (χ1) is 60.6. The number of benzene rings is 14. The van der Waals surface area contributed by atoms with Crippen LogP contribution in [0.1, 0.15) is 72.9 Å². The van der Waals surface area contributed by atoms with Gasteiger partial charge in [0.1, 0.15) is 92.3 Å². The van der Waals surface area contributed by atoms with E-state index in [9.17, 15) is 10.5 Å². The Bertz CT molecular complexity index is 6350. The molecule has 0 bridgehead atoms. The summed E-state index contributed by atoms with van der Waals surface area (Å²) in [5.41, 5.74) is 9.04. The van der Waals surface area contributed by atoms with E-state index in [-0.39, 0.29) is 130 Å². The van der Waals surface area contributed by atoms with Crippen LogP contribution in [-0.4, -0.2) is 26.2 Å². The molecule has 0 fully saturated rings. The maximum absolute atomic E-state index is 11.4. The summed E-state index contributed by atoms with van der Waals surface area (Å²) < 4.78 is 55.4. The molecule has 0 heterocycles. The molecular weight excluding hydrogens is 1540 g/mol. The molecule has 2 unspecified atom stereocenters. The van der Waals surface area contributed by atoms with Gasteiger partial charge in [0, 0.05) is 81.6 Å². The predicted octanol–water partition coefficient (Wildman–Crippen LogP) is 27.4. The molecule has 16 nitrogen and oxygen atoms in total. The first-order valence-electron chi connectivity index (χ1n) is 39.9. The standard InChI is InChI=1S/C108H78N8O8/c1-11-59-113(73-35-19-15-20-36-73)77-43-27-47-81(63-77)117-91-51-31-53-93(87(91)71-109)121-99-67-85-89(69-101(99)122-94-54-32-52-92(88(94)72-110)118-82-48-28-44-78(64-82)114(60-12-2)74-37-21-16-22-38-74)107(5,6)104-86-68-100(123-97-57-33-55-95(105(97)111-9)119-83-49-29-45-79(65-83)115(61-13-3)75-39-23-17-24-40-75)102(70-90(86)108(7,8)103(85)104)124-98-58-34-56-96(106(98)112-10)120-84-50-30-46-80(66-84)116(62-14-4)76-41-25-18-26-42-76/h1-4,15-58,63-70,103-104H,59-62H2,5-8H3. The zero-order valence-corrected chi connectivity index (χ0v) is 68.2. The summed E-state index contributed by atoms with van der Waals surface area (Å²) in [5.74, 6) is 14.5. The van der Waals surface area contributed by atoms with Crippen molar-refractivity contribution in [2.75, 3.05) is 45.8 Å². The Balaban J connectivity index is 0.807. The van der Waals surface area contributed by atoms with E-state index in [1.54, 1.807) is 84.9 Å². The third-order valence-electron chi connectivity index (χ3n) is 22.1. The second-order valence-corrected chi connectivity index (χ2v) is 30.4. The number of hydrogen-bond acceptors (Lipinski definition) is 14. The highest BCUT2D eigenvalue weighted by molar-refractivity contribution is 5.77. The molecule has 0 radical (unpaired) electrons. The fourth-order valence-electron chi connectivity index (χ4n) is 16.5. The summed E-state index contributed by atoms with van der Waals surface area (Å²) in [7, 11) is 0. The summed E-state index contributed by atoms with van der Waals surface area (Å²) in [6.07, 6.45) is 23.8. The Morgan fingerprint density at radius 2 is 0.508 bits per heavy atom. The number of terminal acetylenes is 4. The van der Waals surface area contributed by atoms with E-state index in [0.717, 1.165) is 67.8 Å². The van der Waals surface area contributed by atoms with Gasteiger partial charge in [0.15, 0.2) is 23.0 Å². The van der Waals surface area contributed by atoms with Gasteiger partial charge in [-0.3, -0.25) is 0 Å². The normalized spacial score (nSPS) is 13.2. The molecule has 0 aliphatic heterocycles. The Morgan fingerprint density at radius 3 is 0.774 bits per heavy atom. The summed E-state index contributed by atoms with van der Waals surface area (Å²) in [6.45, 7) is 27.5. The van der Waals surface area contributed by atoms with Crippen LogP contribution in [0.5, 0.6) is 92.0 Å². The van der Waals surface area contributed by atoms with E-state index in [2.05, 4.69) is 73.2 Å². The highest BCUT2D eigenvalue weighted by Crippen LogP contribution is 2.70. The predicted molar refractivity (Wildman–Crippen MR) is 488 cm³/mol. The van der Waals surface area contributed by atoms with Crippen LogP contribution in [-0.2, 0) is 10.8 Å². The van der Waals surface area contributed by atoms with Gasteiger partial charge < -0.3 is 57.5 Å². The van der Waals surface area contributed by atoms with Crippen molar-refractivity contribution in [3.63, 3.8) is 0 Å². The molecule has 0 N–H and O–H groups in total. The van der Waals surface area contributed by atoms with Crippen molar-refractivity contribution in [1.82, 2.24) is 0 Å². The largest absolute Gasteiger partial charge is 0.468 e. The molecule has 598 valence electrons. The van der Waals surface area contributed by atoms with Crippen molar-refractivity contribution in [2.45, 2.75) is 50.4 Å². The minimum Gasteiger partial charge on any atom is -0.468 e. The van der Waals surface area contributed by atoms with Gasteiger partial charge in [-0.25, -0.2) is 9.69 Å². The van der Waals surface area contributed by atoms with Crippen molar-refractivity contribution < 1.29 is 37.9 Å². The van der Waals surface area contributed by atoms with E-state index in [1.807, 2.05) is 250 Å². The Labute approximate surface area is 722 Å². The number of ether oxygens (including phenoxy) is 8. The lowest BCUT2D eigenvalue weighted by atomic mass is 9.72.